The van der Waals surface area contributed by atoms with Crippen LogP contribution in [0.25, 0.3) is 12.2 Å². The molecule has 0 bridgehead atoms. The molecule has 1 N–H and O–H groups in total. The minimum atomic E-state index is -0.321. The molecule has 0 spiro atoms. The fourth-order valence-electron chi connectivity index (χ4n) is 3.31. The van der Waals surface area contributed by atoms with Crippen LogP contribution in [0.15, 0.2) is 30.4 Å². The molecule has 6 heteroatoms. The molecular weight excluding hydrogens is 396 g/mol. The molecule has 0 aliphatic carbocycles. The van der Waals surface area contributed by atoms with E-state index in [-0.39, 0.29) is 23.7 Å². The molecule has 164 valence electrons. The highest BCUT2D eigenvalue weighted by atomic mass is 16.5. The Kier molecular flexibility index (Phi) is 8.02. The number of hydrogen-bond donors (Lipinski definition) is 1. The first kappa shape index (κ1) is 23.7. The Morgan fingerprint density at radius 3 is 2.00 bits per heavy atom. The van der Waals surface area contributed by atoms with Crippen LogP contribution in [0.4, 0.5) is 0 Å². The summed E-state index contributed by atoms with van der Waals surface area (Å²) in [5.41, 5.74) is 4.31. The highest BCUT2D eigenvalue weighted by Gasteiger charge is 2.17. The topological polar surface area (TPSA) is 82.1 Å². The summed E-state index contributed by atoms with van der Waals surface area (Å²) in [6, 6.07) is 4.73. The summed E-state index contributed by atoms with van der Waals surface area (Å²) in [5.74, 6) is 1.00. The number of benzene rings is 2. The van der Waals surface area contributed by atoms with Crippen molar-refractivity contribution in [3.05, 3.63) is 58.2 Å². The molecule has 0 aliphatic heterocycles. The van der Waals surface area contributed by atoms with Crippen molar-refractivity contribution in [2.75, 3.05) is 21.3 Å². The summed E-state index contributed by atoms with van der Waals surface area (Å²) in [4.78, 5) is 24.5. The molecule has 0 atom stereocenters. The van der Waals surface area contributed by atoms with Gasteiger partial charge in [-0.3, -0.25) is 9.59 Å². The zero-order valence-corrected chi connectivity index (χ0v) is 18.7. The van der Waals surface area contributed by atoms with E-state index in [1.54, 1.807) is 38.5 Å². The largest absolute Gasteiger partial charge is 0.504 e. The summed E-state index contributed by atoms with van der Waals surface area (Å²) in [7, 11) is 4.62. The first-order valence-corrected chi connectivity index (χ1v) is 9.74. The van der Waals surface area contributed by atoms with Gasteiger partial charge in [0, 0.05) is 5.56 Å². The van der Waals surface area contributed by atoms with Gasteiger partial charge in [0.25, 0.3) is 0 Å². The average Bonchev–Trinajstić information content (AvgIpc) is 2.75. The monoisotopic (exact) mass is 424 g/mol. The second-order valence-corrected chi connectivity index (χ2v) is 7.06. The summed E-state index contributed by atoms with van der Waals surface area (Å²) >= 11 is 0. The molecule has 2 aromatic rings. The Morgan fingerprint density at radius 2 is 1.42 bits per heavy atom. The van der Waals surface area contributed by atoms with Gasteiger partial charge < -0.3 is 19.3 Å². The summed E-state index contributed by atoms with van der Waals surface area (Å²) in [6.07, 6.45) is 5.80. The minimum Gasteiger partial charge on any atom is -0.504 e. The Labute approximate surface area is 182 Å². The van der Waals surface area contributed by atoms with Crippen molar-refractivity contribution in [1.82, 2.24) is 0 Å². The maximum absolute atomic E-state index is 12.3. The van der Waals surface area contributed by atoms with Crippen molar-refractivity contribution in [1.29, 1.82) is 0 Å². The Morgan fingerprint density at radius 1 is 0.839 bits per heavy atom. The van der Waals surface area contributed by atoms with E-state index in [2.05, 4.69) is 0 Å². The molecule has 0 fully saturated rings. The number of aromatic hydroxyl groups is 1. The van der Waals surface area contributed by atoms with Gasteiger partial charge in [-0.2, -0.15) is 0 Å². The van der Waals surface area contributed by atoms with Gasteiger partial charge in [0.05, 0.1) is 27.8 Å². The number of ketones is 2. The maximum atomic E-state index is 12.3. The van der Waals surface area contributed by atoms with Crippen LogP contribution in [0, 0.1) is 20.8 Å². The van der Waals surface area contributed by atoms with Crippen molar-refractivity contribution in [2.45, 2.75) is 27.2 Å². The number of ether oxygens (including phenoxy) is 3. The van der Waals surface area contributed by atoms with Crippen molar-refractivity contribution >= 4 is 23.7 Å². The molecule has 0 radical (unpaired) electrons. The molecular formula is C25H28O6. The first-order chi connectivity index (χ1) is 14.7. The van der Waals surface area contributed by atoms with E-state index in [1.807, 2.05) is 20.8 Å². The number of allylic oxidation sites excluding steroid dienone is 2. The molecule has 2 rings (SSSR count). The van der Waals surface area contributed by atoms with Gasteiger partial charge >= 0.3 is 0 Å². The van der Waals surface area contributed by atoms with Crippen LogP contribution in [0.5, 0.6) is 23.0 Å². The molecule has 6 nitrogen and oxygen atoms in total. The average molecular weight is 424 g/mol. The number of phenols is 1. The summed E-state index contributed by atoms with van der Waals surface area (Å²) in [5, 5.41) is 9.62. The van der Waals surface area contributed by atoms with Crippen molar-refractivity contribution in [3.8, 4) is 23.0 Å². The quantitative estimate of drug-likeness (QED) is 0.468. The van der Waals surface area contributed by atoms with Crippen LogP contribution in [0.1, 0.15) is 34.2 Å². The lowest BCUT2D eigenvalue weighted by Crippen LogP contribution is -2.03. The third-order valence-electron chi connectivity index (χ3n) is 5.12. The number of hydrogen-bond acceptors (Lipinski definition) is 6. The highest BCUT2D eigenvalue weighted by Crippen LogP contribution is 2.39. The van der Waals surface area contributed by atoms with Gasteiger partial charge in [-0.15, -0.1) is 0 Å². The first-order valence-electron chi connectivity index (χ1n) is 9.74. The van der Waals surface area contributed by atoms with Crippen LogP contribution >= 0.6 is 0 Å². The number of carbonyl (C=O) groups is 2. The third-order valence-corrected chi connectivity index (χ3v) is 5.12. The zero-order chi connectivity index (χ0) is 23.1. The molecule has 31 heavy (non-hydrogen) atoms. The molecule has 0 saturated carbocycles. The third kappa shape index (κ3) is 5.54. The van der Waals surface area contributed by atoms with Gasteiger partial charge in [0.15, 0.2) is 34.6 Å². The molecule has 0 unspecified atom stereocenters. The molecule has 0 heterocycles. The van der Waals surface area contributed by atoms with E-state index >= 15 is 0 Å². The number of rotatable bonds is 9. The Hall–Kier alpha value is -3.54. The predicted molar refractivity (Wildman–Crippen MR) is 121 cm³/mol. The smallest absolute Gasteiger partial charge is 0.164 e. The van der Waals surface area contributed by atoms with Gasteiger partial charge in [-0.25, -0.2) is 0 Å². The highest BCUT2D eigenvalue weighted by molar-refractivity contribution is 6.11. The second kappa shape index (κ2) is 10.5. The fraction of sp³-hybridized carbons (Fsp3) is 0.280. The molecule has 0 saturated heterocycles. The van der Waals surface area contributed by atoms with E-state index < -0.39 is 0 Å². The van der Waals surface area contributed by atoms with E-state index in [1.165, 1.54) is 25.3 Å². The lowest BCUT2D eigenvalue weighted by Gasteiger charge is -2.18. The Balaban J connectivity index is 2.14. The van der Waals surface area contributed by atoms with Gasteiger partial charge in [-0.1, -0.05) is 18.2 Å². The normalized spacial score (nSPS) is 11.2. The number of phenolic OH excluding ortho intramolecular Hbond substituents is 1. The van der Waals surface area contributed by atoms with Crippen LogP contribution in [-0.2, 0) is 9.59 Å². The fourth-order valence-corrected chi connectivity index (χ4v) is 3.31. The predicted octanol–water partition coefficient (Wildman–Crippen LogP) is 4.60. The lowest BCUT2D eigenvalue weighted by molar-refractivity contribution is -0.121. The van der Waals surface area contributed by atoms with E-state index in [4.69, 9.17) is 14.2 Å². The van der Waals surface area contributed by atoms with E-state index in [9.17, 15) is 14.7 Å². The molecule has 2 aromatic carbocycles. The van der Waals surface area contributed by atoms with Crippen LogP contribution in [-0.4, -0.2) is 38.0 Å². The minimum absolute atomic E-state index is 0.0160. The van der Waals surface area contributed by atoms with E-state index in [0.29, 0.717) is 22.8 Å². The summed E-state index contributed by atoms with van der Waals surface area (Å²) < 4.78 is 16.0. The zero-order valence-electron chi connectivity index (χ0n) is 18.7. The van der Waals surface area contributed by atoms with Crippen molar-refractivity contribution in [3.63, 3.8) is 0 Å². The lowest BCUT2D eigenvalue weighted by atomic mass is 9.95. The number of methoxy groups -OCH3 is 3. The van der Waals surface area contributed by atoms with Gasteiger partial charge in [0.1, 0.15) is 0 Å². The van der Waals surface area contributed by atoms with Gasteiger partial charge in [-0.05, 0) is 67.3 Å². The molecule has 0 amide bonds. The maximum Gasteiger partial charge on any atom is 0.164 e. The standard InChI is InChI=1S/C25H28O6/c1-15-16(2)24(30-5)25(31-6)17(3)21(15)11-10-20(27)14-19(26)9-7-18-8-12-22(28)23(13-18)29-4/h7-13,28H,14H2,1-6H3/b9-7+,11-10+. The molecule has 0 aromatic heterocycles. The van der Waals surface area contributed by atoms with Crippen molar-refractivity contribution < 1.29 is 28.9 Å². The van der Waals surface area contributed by atoms with Crippen LogP contribution < -0.4 is 14.2 Å². The Bertz CT molecular complexity index is 1050. The second-order valence-electron chi connectivity index (χ2n) is 7.06. The SMILES string of the molecule is COc1cc(/C=C/C(=O)CC(=O)/C=C/c2c(C)c(C)c(OC)c(OC)c2C)ccc1O. The van der Waals surface area contributed by atoms with Crippen LogP contribution in [0.2, 0.25) is 0 Å². The molecule has 0 aliphatic rings. The summed E-state index contributed by atoms with van der Waals surface area (Å²) in [6.45, 7) is 5.79. The number of carbonyl (C=O) groups excluding carboxylic acids is 2. The van der Waals surface area contributed by atoms with Crippen molar-refractivity contribution in [2.24, 2.45) is 0 Å². The van der Waals surface area contributed by atoms with E-state index in [0.717, 1.165) is 22.3 Å². The van der Waals surface area contributed by atoms with Gasteiger partial charge in [0.2, 0.25) is 0 Å². The van der Waals surface area contributed by atoms with Crippen LogP contribution in [0.3, 0.4) is 0 Å².